The van der Waals surface area contributed by atoms with Gasteiger partial charge in [0.05, 0.1) is 0 Å². The minimum atomic E-state index is -0.439. The third-order valence-electron chi connectivity index (χ3n) is 2.86. The van der Waals surface area contributed by atoms with Gasteiger partial charge in [0.25, 0.3) is 0 Å². The molecule has 0 aromatic rings. The van der Waals surface area contributed by atoms with E-state index in [2.05, 4.69) is 0 Å². The molecule has 0 aromatic heterocycles. The van der Waals surface area contributed by atoms with Crippen LogP contribution < -0.4 is 5.73 Å². The molecular formula is C10H19NO2. The Bertz CT molecular complexity index is 178. The molecule has 1 aliphatic carbocycles. The molecule has 76 valence electrons. The quantitative estimate of drug-likeness (QED) is 0.674. The Labute approximate surface area is 79.6 Å². The van der Waals surface area contributed by atoms with Crippen molar-refractivity contribution in [3.05, 3.63) is 0 Å². The van der Waals surface area contributed by atoms with Crippen molar-refractivity contribution in [2.24, 2.45) is 11.7 Å². The van der Waals surface area contributed by atoms with E-state index in [0.29, 0.717) is 0 Å². The van der Waals surface area contributed by atoms with Gasteiger partial charge >= 0.3 is 5.97 Å². The molecule has 0 aromatic carbocycles. The van der Waals surface area contributed by atoms with Crippen LogP contribution in [0.2, 0.25) is 0 Å². The van der Waals surface area contributed by atoms with Crippen LogP contribution in [0.15, 0.2) is 0 Å². The largest absolute Gasteiger partial charge is 0.461 e. The molecule has 13 heavy (non-hydrogen) atoms. The Balaban J connectivity index is 2.28. The Morgan fingerprint density at radius 1 is 1.62 bits per heavy atom. The van der Waals surface area contributed by atoms with Gasteiger partial charge in [-0.3, -0.25) is 4.79 Å². The normalized spacial score (nSPS) is 21.8. The molecular weight excluding hydrogens is 166 g/mol. The topological polar surface area (TPSA) is 52.3 Å². The van der Waals surface area contributed by atoms with Crippen LogP contribution in [0, 0.1) is 5.92 Å². The molecule has 1 saturated carbocycles. The molecule has 3 heteroatoms. The maximum absolute atomic E-state index is 11.4. The number of ether oxygens (including phenoxy) is 1. The Kier molecular flexibility index (Phi) is 3.72. The zero-order chi connectivity index (χ0) is 9.84. The average molecular weight is 185 g/mol. The lowest BCUT2D eigenvalue weighted by molar-refractivity contribution is -0.155. The van der Waals surface area contributed by atoms with Crippen molar-refractivity contribution in [2.75, 3.05) is 0 Å². The van der Waals surface area contributed by atoms with Gasteiger partial charge < -0.3 is 10.5 Å². The van der Waals surface area contributed by atoms with E-state index in [1.807, 2.05) is 13.8 Å². The fourth-order valence-electron chi connectivity index (χ4n) is 1.22. The monoisotopic (exact) mass is 185 g/mol. The third-order valence-corrected chi connectivity index (χ3v) is 2.86. The number of carbonyl (C=O) groups excluding carboxylic acids is 1. The molecule has 2 atom stereocenters. The molecule has 0 radical (unpaired) electrons. The molecule has 2 N–H and O–H groups in total. The SMILES string of the molecule is CCC(C)C(N)C(=O)OC1CCC1. The summed E-state index contributed by atoms with van der Waals surface area (Å²) >= 11 is 0. The number of nitrogens with two attached hydrogens (primary N) is 1. The van der Waals surface area contributed by atoms with Crippen LogP contribution in [-0.2, 0) is 9.53 Å². The first-order valence-corrected chi connectivity index (χ1v) is 5.11. The van der Waals surface area contributed by atoms with Crippen molar-refractivity contribution in [1.82, 2.24) is 0 Å². The molecule has 1 rings (SSSR count). The molecule has 0 saturated heterocycles. The highest BCUT2D eigenvalue weighted by Gasteiger charge is 2.27. The summed E-state index contributed by atoms with van der Waals surface area (Å²) < 4.78 is 5.21. The fourth-order valence-corrected chi connectivity index (χ4v) is 1.22. The first-order valence-electron chi connectivity index (χ1n) is 5.11. The van der Waals surface area contributed by atoms with Crippen molar-refractivity contribution in [1.29, 1.82) is 0 Å². The third kappa shape index (κ3) is 2.69. The van der Waals surface area contributed by atoms with Crippen LogP contribution in [0.25, 0.3) is 0 Å². The first kappa shape index (κ1) is 10.5. The maximum Gasteiger partial charge on any atom is 0.323 e. The van der Waals surface area contributed by atoms with Gasteiger partial charge in [-0.05, 0) is 25.2 Å². The average Bonchev–Trinajstić information content (AvgIpc) is 2.08. The summed E-state index contributed by atoms with van der Waals surface area (Å²) in [5, 5.41) is 0. The highest BCUT2D eigenvalue weighted by molar-refractivity contribution is 5.76. The van der Waals surface area contributed by atoms with Crippen LogP contribution in [0.3, 0.4) is 0 Å². The maximum atomic E-state index is 11.4. The molecule has 3 nitrogen and oxygen atoms in total. The Morgan fingerprint density at radius 3 is 2.62 bits per heavy atom. The van der Waals surface area contributed by atoms with E-state index in [1.165, 1.54) is 6.42 Å². The fraction of sp³-hybridized carbons (Fsp3) is 0.900. The van der Waals surface area contributed by atoms with Crippen LogP contribution in [0.5, 0.6) is 0 Å². The number of esters is 1. The van der Waals surface area contributed by atoms with Gasteiger partial charge in [-0.15, -0.1) is 0 Å². The van der Waals surface area contributed by atoms with Crippen LogP contribution in [0.4, 0.5) is 0 Å². The predicted octanol–water partition coefficient (Wildman–Crippen LogP) is 1.46. The highest BCUT2D eigenvalue weighted by atomic mass is 16.5. The van der Waals surface area contributed by atoms with Crippen molar-refractivity contribution in [3.8, 4) is 0 Å². The van der Waals surface area contributed by atoms with Crippen LogP contribution >= 0.6 is 0 Å². The molecule has 0 spiro atoms. The molecule has 2 unspecified atom stereocenters. The lowest BCUT2D eigenvalue weighted by Crippen LogP contribution is -2.41. The second-order valence-electron chi connectivity index (χ2n) is 3.90. The number of hydrogen-bond acceptors (Lipinski definition) is 3. The summed E-state index contributed by atoms with van der Waals surface area (Å²) in [4.78, 5) is 11.4. The van der Waals surface area contributed by atoms with E-state index in [-0.39, 0.29) is 18.0 Å². The lowest BCUT2D eigenvalue weighted by Gasteiger charge is -2.27. The summed E-state index contributed by atoms with van der Waals surface area (Å²) in [5.74, 6) is -0.00775. The summed E-state index contributed by atoms with van der Waals surface area (Å²) in [7, 11) is 0. The van der Waals surface area contributed by atoms with Crippen LogP contribution in [-0.4, -0.2) is 18.1 Å². The van der Waals surface area contributed by atoms with Gasteiger partial charge in [0.2, 0.25) is 0 Å². The molecule has 1 fully saturated rings. The molecule has 0 bridgehead atoms. The van der Waals surface area contributed by atoms with Gasteiger partial charge in [0.15, 0.2) is 0 Å². The van der Waals surface area contributed by atoms with Crippen molar-refractivity contribution < 1.29 is 9.53 Å². The van der Waals surface area contributed by atoms with Gasteiger partial charge in [0.1, 0.15) is 12.1 Å². The number of carbonyl (C=O) groups is 1. The second kappa shape index (κ2) is 4.61. The Hall–Kier alpha value is -0.570. The number of hydrogen-bond donors (Lipinski definition) is 1. The second-order valence-corrected chi connectivity index (χ2v) is 3.90. The van der Waals surface area contributed by atoms with E-state index >= 15 is 0 Å². The standard InChI is InChI=1S/C10H19NO2/c1-3-7(2)9(11)10(12)13-8-5-4-6-8/h7-9H,3-6,11H2,1-2H3. The van der Waals surface area contributed by atoms with Gasteiger partial charge in [-0.1, -0.05) is 20.3 Å². The van der Waals surface area contributed by atoms with E-state index in [0.717, 1.165) is 19.3 Å². The minimum Gasteiger partial charge on any atom is -0.461 e. The van der Waals surface area contributed by atoms with Crippen LogP contribution in [0.1, 0.15) is 39.5 Å². The first-order chi connectivity index (χ1) is 6.15. The number of rotatable bonds is 4. The van der Waals surface area contributed by atoms with Crippen molar-refractivity contribution in [2.45, 2.75) is 51.7 Å². The Morgan fingerprint density at radius 2 is 2.23 bits per heavy atom. The van der Waals surface area contributed by atoms with E-state index in [1.54, 1.807) is 0 Å². The van der Waals surface area contributed by atoms with Gasteiger partial charge in [-0.2, -0.15) is 0 Å². The molecule has 0 aliphatic heterocycles. The van der Waals surface area contributed by atoms with E-state index < -0.39 is 6.04 Å². The minimum absolute atomic E-state index is 0.155. The van der Waals surface area contributed by atoms with E-state index in [9.17, 15) is 4.79 Å². The van der Waals surface area contributed by atoms with Crippen molar-refractivity contribution in [3.63, 3.8) is 0 Å². The summed E-state index contributed by atoms with van der Waals surface area (Å²) in [6, 6.07) is -0.439. The molecule has 0 amide bonds. The summed E-state index contributed by atoms with van der Waals surface area (Å²) in [6.07, 6.45) is 4.28. The molecule has 1 aliphatic rings. The molecule has 0 heterocycles. The zero-order valence-corrected chi connectivity index (χ0v) is 8.45. The lowest BCUT2D eigenvalue weighted by atomic mass is 9.95. The van der Waals surface area contributed by atoms with Crippen molar-refractivity contribution >= 4 is 5.97 Å². The predicted molar refractivity (Wildman–Crippen MR) is 51.2 cm³/mol. The van der Waals surface area contributed by atoms with Gasteiger partial charge in [0, 0.05) is 0 Å². The summed E-state index contributed by atoms with van der Waals surface area (Å²) in [6.45, 7) is 4.01. The summed E-state index contributed by atoms with van der Waals surface area (Å²) in [5.41, 5.74) is 5.72. The van der Waals surface area contributed by atoms with E-state index in [4.69, 9.17) is 10.5 Å². The highest BCUT2D eigenvalue weighted by Crippen LogP contribution is 2.22. The smallest absolute Gasteiger partial charge is 0.323 e. The zero-order valence-electron chi connectivity index (χ0n) is 8.45. The van der Waals surface area contributed by atoms with Gasteiger partial charge in [-0.25, -0.2) is 0 Å².